The van der Waals surface area contributed by atoms with Gasteiger partial charge in [-0.3, -0.25) is 14.1 Å². The second-order valence-corrected chi connectivity index (χ2v) is 14.3. The van der Waals surface area contributed by atoms with Crippen LogP contribution < -0.4 is 4.74 Å². The quantitative estimate of drug-likeness (QED) is 0.0865. The molecule has 0 saturated heterocycles. The largest absolute Gasteiger partial charge is 0.438 e. The minimum atomic E-state index is -6.40. The van der Waals surface area contributed by atoms with Crippen molar-refractivity contribution < 1.29 is 58.4 Å². The summed E-state index contributed by atoms with van der Waals surface area (Å²) in [4.78, 5) is 26.1. The zero-order chi connectivity index (χ0) is 29.6. The Morgan fingerprint density at radius 2 is 1.31 bits per heavy atom. The summed E-state index contributed by atoms with van der Waals surface area (Å²) in [5.74, 6) is -8.62. The molecule has 4 unspecified atom stereocenters. The monoisotopic (exact) mass is 924 g/mol. The van der Waals surface area contributed by atoms with E-state index in [0.717, 1.165) is 3.57 Å². The second-order valence-electron chi connectivity index (χ2n) is 9.47. The van der Waals surface area contributed by atoms with Gasteiger partial charge in [0.05, 0.1) is 19.0 Å². The molecule has 0 spiro atoms. The molecule has 220 valence electrons. The molecule has 3 rings (SSSR count). The van der Waals surface area contributed by atoms with E-state index in [1.807, 2.05) is 51.2 Å². The first-order chi connectivity index (χ1) is 17.8. The molecule has 0 amide bonds. The molecule has 2 fully saturated rings. The van der Waals surface area contributed by atoms with Gasteiger partial charge in [-0.25, -0.2) is 0 Å². The van der Waals surface area contributed by atoms with E-state index in [0.29, 0.717) is 32.2 Å². The number of hydrogen-bond donors (Lipinski definition) is 1. The molecule has 7 nitrogen and oxygen atoms in total. The minimum Gasteiger partial charge on any atom is -0.438 e. The van der Waals surface area contributed by atoms with Crippen molar-refractivity contribution in [2.45, 2.75) is 56.5 Å². The third-order valence-electron chi connectivity index (χ3n) is 7.08. The molecule has 17 heteroatoms. The molecule has 0 aromatic heterocycles. The normalized spacial score (nSPS) is 24.6. The van der Waals surface area contributed by atoms with Gasteiger partial charge >= 0.3 is 29.9 Å². The van der Waals surface area contributed by atoms with Crippen LogP contribution in [0.4, 0.5) is 26.3 Å². The molecule has 2 aliphatic rings. The average Bonchev–Trinajstić information content (AvgIpc) is 2.80. The molecule has 1 aromatic rings. The molecular formula is C22H21F6I3O7S. The Morgan fingerprint density at radius 1 is 0.846 bits per heavy atom. The molecule has 39 heavy (non-hydrogen) atoms. The molecule has 2 saturated carbocycles. The molecule has 0 aliphatic heterocycles. The number of carbonyl (C=O) groups excluding carboxylic acids is 2. The highest BCUT2D eigenvalue weighted by Crippen LogP contribution is 2.51. The number of halogens is 9. The molecule has 2 aliphatic carbocycles. The summed E-state index contributed by atoms with van der Waals surface area (Å²) in [6.45, 7) is 0. The highest BCUT2D eigenvalue weighted by atomic mass is 127. The van der Waals surface area contributed by atoms with Crippen molar-refractivity contribution in [1.82, 2.24) is 0 Å². The fourth-order valence-electron chi connectivity index (χ4n) is 5.34. The summed E-state index contributed by atoms with van der Waals surface area (Å²) in [6, 6.07) is 3.59. The van der Waals surface area contributed by atoms with Gasteiger partial charge in [0.15, 0.2) is 5.75 Å². The van der Waals surface area contributed by atoms with Crippen LogP contribution in [0.3, 0.4) is 0 Å². The van der Waals surface area contributed by atoms with E-state index in [-0.39, 0.29) is 19.3 Å². The zero-order valence-corrected chi connectivity index (χ0v) is 26.9. The number of ether oxygens (including phenoxy) is 2. The number of alkyl halides is 6. The summed E-state index contributed by atoms with van der Waals surface area (Å²) >= 11 is 6.09. The maximum Gasteiger partial charge on any atom is 0.438 e. The standard InChI is InChI=1S/C22H21F6I3O7S/c23-21(24,25)20(22(26,27)28,9-39(34,35)36)38-19(33)13-6-2-3-10-11(13)4-1-5-12(10)18(32)37-17-15(30)8-7-14(29)16(17)31/h7-8,10-13H,1-6,9H2,(H,34,35,36). The van der Waals surface area contributed by atoms with Gasteiger partial charge < -0.3 is 9.47 Å². The number of carbonyl (C=O) groups is 2. The van der Waals surface area contributed by atoms with Gasteiger partial charge in [-0.05, 0) is 117 Å². The van der Waals surface area contributed by atoms with Gasteiger partial charge in [0.2, 0.25) is 0 Å². The number of esters is 2. The van der Waals surface area contributed by atoms with E-state index < -0.39 is 69.4 Å². The number of hydrogen-bond acceptors (Lipinski definition) is 6. The first-order valence-electron chi connectivity index (χ1n) is 11.5. The highest BCUT2D eigenvalue weighted by Gasteiger charge is 2.76. The maximum absolute atomic E-state index is 13.7. The van der Waals surface area contributed by atoms with E-state index in [2.05, 4.69) is 27.3 Å². The summed E-state index contributed by atoms with van der Waals surface area (Å²) in [7, 11) is -5.89. The SMILES string of the molecule is O=C(Oc1c(I)ccc(I)c1I)C1CCCC2C(C(=O)OC(CS(=O)(=O)O)(C(F)(F)F)C(F)(F)F)CCCC12. The third kappa shape index (κ3) is 7.26. The van der Waals surface area contributed by atoms with Crippen LogP contribution in [-0.2, 0) is 24.4 Å². The Morgan fingerprint density at radius 3 is 1.77 bits per heavy atom. The average molecular weight is 924 g/mol. The van der Waals surface area contributed by atoms with Gasteiger partial charge in [0.1, 0.15) is 5.75 Å². The maximum atomic E-state index is 13.7. The van der Waals surface area contributed by atoms with E-state index >= 15 is 0 Å². The van der Waals surface area contributed by atoms with Crippen molar-refractivity contribution in [2.75, 3.05) is 5.75 Å². The number of benzene rings is 1. The van der Waals surface area contributed by atoms with Crippen LogP contribution in [0.2, 0.25) is 0 Å². The Balaban J connectivity index is 1.89. The zero-order valence-electron chi connectivity index (χ0n) is 19.6. The minimum absolute atomic E-state index is 0.105. The van der Waals surface area contributed by atoms with Gasteiger partial charge in [-0.2, -0.15) is 34.8 Å². The molecular weight excluding hydrogens is 903 g/mol. The van der Waals surface area contributed by atoms with Gasteiger partial charge in [0, 0.05) is 3.57 Å². The van der Waals surface area contributed by atoms with Gasteiger partial charge in [-0.1, -0.05) is 12.8 Å². The van der Waals surface area contributed by atoms with Crippen LogP contribution in [0.25, 0.3) is 0 Å². The van der Waals surface area contributed by atoms with Crippen molar-refractivity contribution in [3.63, 3.8) is 0 Å². The summed E-state index contributed by atoms with van der Waals surface area (Å²) in [5, 5.41) is 0. The van der Waals surface area contributed by atoms with Crippen LogP contribution in [0.15, 0.2) is 12.1 Å². The molecule has 0 heterocycles. The van der Waals surface area contributed by atoms with Crippen LogP contribution in [0, 0.1) is 34.4 Å². The first kappa shape index (κ1) is 33.3. The van der Waals surface area contributed by atoms with Gasteiger partial charge in [0.25, 0.3) is 10.1 Å². The predicted molar refractivity (Wildman–Crippen MR) is 149 cm³/mol. The summed E-state index contributed by atoms with van der Waals surface area (Å²) in [6.07, 6.45) is -11.3. The van der Waals surface area contributed by atoms with Crippen LogP contribution in [0.5, 0.6) is 5.75 Å². The predicted octanol–water partition coefficient (Wildman–Crippen LogP) is 6.53. The van der Waals surface area contributed by atoms with Crippen LogP contribution in [-0.4, -0.2) is 48.6 Å². The summed E-state index contributed by atoms with van der Waals surface area (Å²) < 4.78 is 125. The van der Waals surface area contributed by atoms with E-state index in [1.54, 1.807) is 6.07 Å². The lowest BCUT2D eigenvalue weighted by atomic mass is 9.61. The summed E-state index contributed by atoms with van der Waals surface area (Å²) in [5.41, 5.74) is -5.46. The van der Waals surface area contributed by atoms with Crippen molar-refractivity contribution >= 4 is 89.8 Å². The Labute approximate surface area is 260 Å². The third-order valence-corrected chi connectivity index (χ3v) is 11.7. The van der Waals surface area contributed by atoms with Gasteiger partial charge in [-0.15, -0.1) is 0 Å². The van der Waals surface area contributed by atoms with E-state index in [4.69, 9.17) is 9.29 Å². The second kappa shape index (κ2) is 12.2. The number of fused-ring (bicyclic) bond motifs is 1. The van der Waals surface area contributed by atoms with Crippen molar-refractivity contribution in [2.24, 2.45) is 23.7 Å². The van der Waals surface area contributed by atoms with Crippen LogP contribution in [0.1, 0.15) is 38.5 Å². The highest BCUT2D eigenvalue weighted by molar-refractivity contribution is 14.1. The Bertz CT molecular complexity index is 1210. The molecule has 4 atom stereocenters. The van der Waals surface area contributed by atoms with E-state index in [1.165, 1.54) is 0 Å². The lowest BCUT2D eigenvalue weighted by molar-refractivity contribution is -0.362. The van der Waals surface area contributed by atoms with Crippen molar-refractivity contribution in [1.29, 1.82) is 0 Å². The molecule has 0 radical (unpaired) electrons. The smallest absolute Gasteiger partial charge is 0.438 e. The topological polar surface area (TPSA) is 107 Å². The fraction of sp³-hybridized carbons (Fsp3) is 0.636. The lowest BCUT2D eigenvalue weighted by Crippen LogP contribution is -2.64. The first-order valence-corrected chi connectivity index (χ1v) is 16.3. The van der Waals surface area contributed by atoms with Crippen LogP contribution >= 0.6 is 67.8 Å². The van der Waals surface area contributed by atoms with Crippen molar-refractivity contribution in [3.8, 4) is 5.75 Å². The Hall–Kier alpha value is -0.160. The Kier molecular flexibility index (Phi) is 10.4. The molecule has 1 aromatic carbocycles. The molecule has 0 bridgehead atoms. The van der Waals surface area contributed by atoms with E-state index in [9.17, 15) is 44.3 Å². The molecule has 1 N–H and O–H groups in total. The number of rotatable bonds is 6. The lowest BCUT2D eigenvalue weighted by Gasteiger charge is -2.44. The fourth-order valence-corrected chi connectivity index (χ4v) is 8.32. The van der Waals surface area contributed by atoms with Crippen molar-refractivity contribution in [3.05, 3.63) is 22.8 Å².